The van der Waals surface area contributed by atoms with Gasteiger partial charge in [-0.25, -0.2) is 0 Å². The molecule has 0 heterocycles. The lowest BCUT2D eigenvalue weighted by Crippen LogP contribution is -2.14. The predicted molar refractivity (Wildman–Crippen MR) is 84.7 cm³/mol. The number of nitrogens with zero attached hydrogens (tertiary/aromatic N) is 1. The molecule has 0 unspecified atom stereocenters. The van der Waals surface area contributed by atoms with E-state index in [4.69, 9.17) is 22.5 Å². The maximum absolute atomic E-state index is 8.84. The third kappa shape index (κ3) is 3.46. The van der Waals surface area contributed by atoms with Gasteiger partial charge in [-0.15, -0.1) is 11.8 Å². The predicted octanol–water partition coefficient (Wildman–Crippen LogP) is 4.04. The minimum atomic E-state index is 0.117. The Morgan fingerprint density at radius 3 is 2.75 bits per heavy atom. The fraction of sp³-hybridized carbons (Fsp3) is 0.133. The van der Waals surface area contributed by atoms with E-state index >= 15 is 0 Å². The van der Waals surface area contributed by atoms with E-state index in [1.54, 1.807) is 11.8 Å². The second kappa shape index (κ2) is 6.68. The maximum atomic E-state index is 8.84. The Morgan fingerprint density at radius 2 is 2.05 bits per heavy atom. The van der Waals surface area contributed by atoms with Crippen LogP contribution in [0.5, 0.6) is 0 Å². The molecule has 104 valence electrons. The summed E-state index contributed by atoms with van der Waals surface area (Å²) in [6.07, 6.45) is 0. The van der Waals surface area contributed by atoms with Crippen molar-refractivity contribution in [3.63, 3.8) is 0 Å². The van der Waals surface area contributed by atoms with Crippen LogP contribution in [0.3, 0.4) is 0 Å². The lowest BCUT2D eigenvalue weighted by atomic mass is 10.1. The molecule has 2 rings (SSSR count). The molecular formula is C15H15ClN2OS. The van der Waals surface area contributed by atoms with E-state index < -0.39 is 0 Å². The molecule has 0 spiro atoms. The Labute approximate surface area is 127 Å². The summed E-state index contributed by atoms with van der Waals surface area (Å²) in [4.78, 5) is 0.972. The number of benzene rings is 2. The highest BCUT2D eigenvalue weighted by Crippen LogP contribution is 2.29. The summed E-state index contributed by atoms with van der Waals surface area (Å²) in [5.74, 6) is 0.848. The van der Waals surface area contributed by atoms with Gasteiger partial charge in [0.1, 0.15) is 0 Å². The first-order chi connectivity index (χ1) is 9.61. The van der Waals surface area contributed by atoms with Crippen LogP contribution in [0, 0.1) is 6.92 Å². The van der Waals surface area contributed by atoms with Gasteiger partial charge in [0, 0.05) is 21.2 Å². The number of halogens is 1. The molecule has 0 saturated heterocycles. The molecule has 5 heteroatoms. The van der Waals surface area contributed by atoms with E-state index in [9.17, 15) is 0 Å². The number of aryl methyl sites for hydroxylation is 1. The summed E-state index contributed by atoms with van der Waals surface area (Å²) in [6.45, 7) is 2.01. The molecule has 0 bridgehead atoms. The average Bonchev–Trinajstić information content (AvgIpc) is 2.46. The zero-order chi connectivity index (χ0) is 14.5. The van der Waals surface area contributed by atoms with Gasteiger partial charge in [0.2, 0.25) is 0 Å². The van der Waals surface area contributed by atoms with Gasteiger partial charge in [0.05, 0.1) is 0 Å². The van der Waals surface area contributed by atoms with Gasteiger partial charge in [-0.3, -0.25) is 0 Å². The maximum Gasteiger partial charge on any atom is 0.171 e. The van der Waals surface area contributed by atoms with Crippen LogP contribution in [0.15, 0.2) is 52.5 Å². The van der Waals surface area contributed by atoms with Gasteiger partial charge >= 0.3 is 0 Å². The highest BCUT2D eigenvalue weighted by molar-refractivity contribution is 7.98. The first-order valence-corrected chi connectivity index (χ1v) is 7.43. The third-order valence-corrected chi connectivity index (χ3v) is 4.33. The van der Waals surface area contributed by atoms with Gasteiger partial charge in [-0.05, 0) is 36.2 Å². The van der Waals surface area contributed by atoms with Crippen molar-refractivity contribution in [2.75, 3.05) is 0 Å². The van der Waals surface area contributed by atoms with Gasteiger partial charge in [-0.2, -0.15) is 0 Å². The Bertz CT molecular complexity index is 644. The number of thioether (sulfide) groups is 1. The molecule has 20 heavy (non-hydrogen) atoms. The average molecular weight is 307 g/mol. The lowest BCUT2D eigenvalue weighted by molar-refractivity contribution is 0.318. The van der Waals surface area contributed by atoms with Gasteiger partial charge < -0.3 is 10.9 Å². The number of rotatable bonds is 4. The van der Waals surface area contributed by atoms with Crippen LogP contribution < -0.4 is 5.73 Å². The fourth-order valence-corrected chi connectivity index (χ4v) is 3.23. The minimum absolute atomic E-state index is 0.117. The molecule has 0 amide bonds. The summed E-state index contributed by atoms with van der Waals surface area (Å²) < 4.78 is 0. The van der Waals surface area contributed by atoms with Crippen molar-refractivity contribution in [1.29, 1.82) is 0 Å². The minimum Gasteiger partial charge on any atom is -0.409 e. The second-order valence-electron chi connectivity index (χ2n) is 4.36. The topological polar surface area (TPSA) is 58.6 Å². The molecule has 0 aromatic heterocycles. The molecule has 2 aromatic carbocycles. The fourth-order valence-electron chi connectivity index (χ4n) is 1.79. The molecule has 3 nitrogen and oxygen atoms in total. The number of nitrogens with two attached hydrogens (primary N) is 1. The van der Waals surface area contributed by atoms with Crippen LogP contribution >= 0.6 is 23.4 Å². The Hall–Kier alpha value is -1.65. The summed E-state index contributed by atoms with van der Waals surface area (Å²) in [7, 11) is 0. The number of hydrogen-bond donors (Lipinski definition) is 2. The number of amidine groups is 1. The largest absolute Gasteiger partial charge is 0.409 e. The number of hydrogen-bond acceptors (Lipinski definition) is 3. The second-order valence-corrected chi connectivity index (χ2v) is 5.79. The summed E-state index contributed by atoms with van der Waals surface area (Å²) in [5.41, 5.74) is 8.62. The van der Waals surface area contributed by atoms with Crippen LogP contribution in [-0.2, 0) is 5.75 Å². The van der Waals surface area contributed by atoms with Crippen molar-refractivity contribution in [1.82, 2.24) is 0 Å². The van der Waals surface area contributed by atoms with E-state index in [1.165, 1.54) is 0 Å². The van der Waals surface area contributed by atoms with Crippen molar-refractivity contribution in [3.05, 3.63) is 64.2 Å². The van der Waals surface area contributed by atoms with Crippen molar-refractivity contribution >= 4 is 29.2 Å². The van der Waals surface area contributed by atoms with Crippen molar-refractivity contribution in [2.45, 2.75) is 17.6 Å². The monoisotopic (exact) mass is 306 g/mol. The third-order valence-electron chi connectivity index (χ3n) is 2.86. The van der Waals surface area contributed by atoms with Crippen LogP contribution in [-0.4, -0.2) is 11.0 Å². The molecule has 0 atom stereocenters. The van der Waals surface area contributed by atoms with E-state index in [2.05, 4.69) is 5.16 Å². The van der Waals surface area contributed by atoms with Gasteiger partial charge in [0.25, 0.3) is 0 Å². The Kier molecular flexibility index (Phi) is 4.93. The molecule has 0 aliphatic carbocycles. The highest BCUT2D eigenvalue weighted by Gasteiger charge is 2.09. The molecule has 0 fully saturated rings. The first-order valence-electron chi connectivity index (χ1n) is 6.06. The van der Waals surface area contributed by atoms with Gasteiger partial charge in [0.15, 0.2) is 5.84 Å². The smallest absolute Gasteiger partial charge is 0.171 e. The molecule has 0 aliphatic heterocycles. The van der Waals surface area contributed by atoms with Crippen LogP contribution in [0.2, 0.25) is 5.02 Å². The number of oxime groups is 1. The van der Waals surface area contributed by atoms with E-state index in [0.717, 1.165) is 32.4 Å². The molecule has 2 aromatic rings. The Balaban J connectivity index is 2.25. The summed E-state index contributed by atoms with van der Waals surface area (Å²) >= 11 is 7.77. The highest BCUT2D eigenvalue weighted by atomic mass is 35.5. The van der Waals surface area contributed by atoms with E-state index in [-0.39, 0.29) is 5.84 Å². The van der Waals surface area contributed by atoms with E-state index in [0.29, 0.717) is 0 Å². The lowest BCUT2D eigenvalue weighted by Gasteiger charge is -2.10. The van der Waals surface area contributed by atoms with Crippen molar-refractivity contribution in [2.24, 2.45) is 10.9 Å². The zero-order valence-corrected chi connectivity index (χ0v) is 12.6. The van der Waals surface area contributed by atoms with Crippen LogP contribution in [0.1, 0.15) is 16.7 Å². The zero-order valence-electron chi connectivity index (χ0n) is 11.0. The standard InChI is InChI=1S/C15H15ClN2OS/c1-10-6-7-12(15(17)18-19)14(8-10)20-9-11-4-2-3-5-13(11)16/h2-8,19H,9H2,1H3,(H2,17,18). The SMILES string of the molecule is Cc1ccc(/C(N)=N/O)c(SCc2ccccc2Cl)c1. The molecule has 0 aliphatic rings. The van der Waals surface area contributed by atoms with Crippen LogP contribution in [0.25, 0.3) is 0 Å². The quantitative estimate of drug-likeness (QED) is 0.295. The van der Waals surface area contributed by atoms with Crippen molar-refractivity contribution in [3.8, 4) is 0 Å². The van der Waals surface area contributed by atoms with Crippen LogP contribution in [0.4, 0.5) is 0 Å². The first kappa shape index (κ1) is 14.8. The normalized spacial score (nSPS) is 11.6. The summed E-state index contributed by atoms with van der Waals surface area (Å²) in [5, 5.41) is 12.7. The molecule has 3 N–H and O–H groups in total. The molecule has 0 saturated carbocycles. The Morgan fingerprint density at radius 1 is 1.30 bits per heavy atom. The molecule has 0 radical (unpaired) electrons. The summed E-state index contributed by atoms with van der Waals surface area (Å²) in [6, 6.07) is 13.6. The molecular weight excluding hydrogens is 292 g/mol. The van der Waals surface area contributed by atoms with Gasteiger partial charge in [-0.1, -0.05) is 41.0 Å². The van der Waals surface area contributed by atoms with Crippen molar-refractivity contribution < 1.29 is 5.21 Å². The van der Waals surface area contributed by atoms with E-state index in [1.807, 2.05) is 49.4 Å².